The Morgan fingerprint density at radius 1 is 1.11 bits per heavy atom. The first-order valence-electron chi connectivity index (χ1n) is 7.72. The lowest BCUT2D eigenvalue weighted by atomic mass is 10.0. The van der Waals surface area contributed by atoms with Crippen LogP contribution in [0.4, 0.5) is 5.69 Å². The van der Waals surface area contributed by atoms with Gasteiger partial charge >= 0.3 is 11.9 Å². The molecule has 0 aliphatic heterocycles. The van der Waals surface area contributed by atoms with Gasteiger partial charge in [0.25, 0.3) is 0 Å². The van der Waals surface area contributed by atoms with Gasteiger partial charge in [0.2, 0.25) is 0 Å². The van der Waals surface area contributed by atoms with Crippen molar-refractivity contribution < 1.29 is 24.3 Å². The van der Waals surface area contributed by atoms with Gasteiger partial charge < -0.3 is 20.0 Å². The standard InChI is InChI=1S/C19H17ClN2O5/c1-26-17(23)11-16(19(24)27-2)21-15-9-8-13(20)10-14(15)18(22-25)12-6-4-3-5-7-12/h3-11,21,25H,1-2H3/b16-11-,22-18-. The highest BCUT2D eigenvalue weighted by Gasteiger charge is 2.18. The van der Waals surface area contributed by atoms with Crippen molar-refractivity contribution in [3.05, 3.63) is 76.5 Å². The Hall–Kier alpha value is -3.32. The van der Waals surface area contributed by atoms with Gasteiger partial charge in [0.1, 0.15) is 11.4 Å². The molecule has 2 N–H and O–H groups in total. The number of anilines is 1. The Kier molecular flexibility index (Phi) is 6.96. The van der Waals surface area contributed by atoms with Crippen LogP contribution in [-0.2, 0) is 19.1 Å². The Bertz CT molecular complexity index is 894. The van der Waals surface area contributed by atoms with E-state index in [4.69, 9.17) is 11.6 Å². The molecule has 0 aliphatic carbocycles. The number of halogens is 1. The summed E-state index contributed by atoms with van der Waals surface area (Å²) >= 11 is 6.09. The summed E-state index contributed by atoms with van der Waals surface area (Å²) in [6.07, 6.45) is 0.961. The van der Waals surface area contributed by atoms with Gasteiger partial charge in [0, 0.05) is 21.8 Å². The number of nitrogens with one attached hydrogen (secondary N) is 1. The highest BCUT2D eigenvalue weighted by Crippen LogP contribution is 2.25. The predicted molar refractivity (Wildman–Crippen MR) is 101 cm³/mol. The number of oxime groups is 1. The number of carbonyl (C=O) groups is 2. The first-order valence-corrected chi connectivity index (χ1v) is 8.10. The molecule has 0 fully saturated rings. The van der Waals surface area contributed by atoms with Crippen molar-refractivity contribution in [2.24, 2.45) is 5.16 Å². The van der Waals surface area contributed by atoms with E-state index >= 15 is 0 Å². The molecule has 0 aliphatic rings. The minimum Gasteiger partial charge on any atom is -0.466 e. The smallest absolute Gasteiger partial charge is 0.354 e. The third-order valence-electron chi connectivity index (χ3n) is 3.52. The fourth-order valence-corrected chi connectivity index (χ4v) is 2.43. The lowest BCUT2D eigenvalue weighted by Crippen LogP contribution is -2.17. The van der Waals surface area contributed by atoms with Crippen LogP contribution in [0.1, 0.15) is 11.1 Å². The van der Waals surface area contributed by atoms with E-state index in [1.54, 1.807) is 42.5 Å². The van der Waals surface area contributed by atoms with E-state index < -0.39 is 11.9 Å². The van der Waals surface area contributed by atoms with Crippen LogP contribution in [0.15, 0.2) is 65.5 Å². The minimum atomic E-state index is -0.775. The van der Waals surface area contributed by atoms with Crippen LogP contribution in [0.25, 0.3) is 0 Å². The van der Waals surface area contributed by atoms with E-state index in [0.717, 1.165) is 6.08 Å². The van der Waals surface area contributed by atoms with Crippen LogP contribution < -0.4 is 5.32 Å². The lowest BCUT2D eigenvalue weighted by Gasteiger charge is -2.15. The Labute approximate surface area is 160 Å². The molecular weight excluding hydrogens is 372 g/mol. The second-order valence-corrected chi connectivity index (χ2v) is 5.64. The molecule has 0 saturated carbocycles. The van der Waals surface area contributed by atoms with Crippen LogP contribution in [0.2, 0.25) is 5.02 Å². The summed E-state index contributed by atoms with van der Waals surface area (Å²) in [4.78, 5) is 23.5. The summed E-state index contributed by atoms with van der Waals surface area (Å²) in [6, 6.07) is 13.6. The molecular formula is C19H17ClN2O5. The highest BCUT2D eigenvalue weighted by atomic mass is 35.5. The zero-order chi connectivity index (χ0) is 19.8. The van der Waals surface area contributed by atoms with Crippen molar-refractivity contribution >= 4 is 34.9 Å². The average Bonchev–Trinajstić information content (AvgIpc) is 2.69. The minimum absolute atomic E-state index is 0.154. The van der Waals surface area contributed by atoms with Crippen molar-refractivity contribution in [3.8, 4) is 0 Å². The van der Waals surface area contributed by atoms with Gasteiger partial charge in [-0.05, 0) is 18.2 Å². The lowest BCUT2D eigenvalue weighted by molar-refractivity contribution is -0.138. The quantitative estimate of drug-likeness (QED) is 0.259. The molecule has 0 bridgehead atoms. The molecule has 2 aromatic carbocycles. The van der Waals surface area contributed by atoms with E-state index in [1.807, 2.05) is 6.07 Å². The number of nitrogens with zero attached hydrogens (tertiary/aromatic N) is 1. The van der Waals surface area contributed by atoms with Gasteiger partial charge in [-0.1, -0.05) is 47.1 Å². The Morgan fingerprint density at radius 3 is 2.41 bits per heavy atom. The normalized spacial score (nSPS) is 11.7. The molecule has 27 heavy (non-hydrogen) atoms. The van der Waals surface area contributed by atoms with Crippen LogP contribution >= 0.6 is 11.6 Å². The van der Waals surface area contributed by atoms with Crippen LogP contribution in [0, 0.1) is 0 Å². The SMILES string of the molecule is COC(=O)/C=C(\Nc1ccc(Cl)cc1/C(=N\O)c1ccccc1)C(=O)OC. The summed E-state index contributed by atoms with van der Waals surface area (Å²) in [6.45, 7) is 0. The molecule has 0 saturated heterocycles. The summed E-state index contributed by atoms with van der Waals surface area (Å²) in [5.74, 6) is -1.51. The third-order valence-corrected chi connectivity index (χ3v) is 3.76. The Balaban J connectivity index is 2.53. The maximum atomic E-state index is 12.0. The first kappa shape index (κ1) is 20.0. The number of ether oxygens (including phenoxy) is 2. The van der Waals surface area contributed by atoms with Gasteiger partial charge in [-0.15, -0.1) is 0 Å². The number of carbonyl (C=O) groups excluding carboxylic acids is 2. The van der Waals surface area contributed by atoms with Crippen molar-refractivity contribution in [2.45, 2.75) is 0 Å². The monoisotopic (exact) mass is 388 g/mol. The molecule has 0 heterocycles. The van der Waals surface area contributed by atoms with Gasteiger partial charge in [0.15, 0.2) is 0 Å². The number of methoxy groups -OCH3 is 2. The van der Waals surface area contributed by atoms with Crippen molar-refractivity contribution in [2.75, 3.05) is 19.5 Å². The fraction of sp³-hybridized carbons (Fsp3) is 0.105. The number of rotatable bonds is 6. The number of hydrogen-bond acceptors (Lipinski definition) is 7. The number of esters is 2. The van der Waals surface area contributed by atoms with Crippen molar-refractivity contribution in [1.82, 2.24) is 0 Å². The van der Waals surface area contributed by atoms with Gasteiger partial charge in [0.05, 0.1) is 20.3 Å². The number of hydrogen-bond donors (Lipinski definition) is 2. The third kappa shape index (κ3) is 5.08. The maximum Gasteiger partial charge on any atom is 0.354 e. The molecule has 0 unspecified atom stereocenters. The van der Waals surface area contributed by atoms with E-state index in [1.165, 1.54) is 14.2 Å². The van der Waals surface area contributed by atoms with Crippen molar-refractivity contribution in [3.63, 3.8) is 0 Å². The average molecular weight is 389 g/mol. The topological polar surface area (TPSA) is 97.2 Å². The van der Waals surface area contributed by atoms with Crippen LogP contribution in [-0.4, -0.2) is 37.1 Å². The van der Waals surface area contributed by atoms with E-state index in [2.05, 4.69) is 19.9 Å². The van der Waals surface area contributed by atoms with Crippen molar-refractivity contribution in [1.29, 1.82) is 0 Å². The van der Waals surface area contributed by atoms with Crippen LogP contribution in [0.3, 0.4) is 0 Å². The first-order chi connectivity index (χ1) is 13.0. The molecule has 0 atom stereocenters. The fourth-order valence-electron chi connectivity index (χ4n) is 2.26. The molecule has 7 nitrogen and oxygen atoms in total. The van der Waals surface area contributed by atoms with E-state index in [0.29, 0.717) is 21.8 Å². The zero-order valence-corrected chi connectivity index (χ0v) is 15.4. The number of benzene rings is 2. The van der Waals surface area contributed by atoms with Crippen LogP contribution in [0.5, 0.6) is 0 Å². The Morgan fingerprint density at radius 2 is 1.81 bits per heavy atom. The predicted octanol–water partition coefficient (Wildman–Crippen LogP) is 3.21. The summed E-state index contributed by atoms with van der Waals surface area (Å²) in [5.41, 5.74) is 1.48. The maximum absolute atomic E-state index is 12.0. The molecule has 0 amide bonds. The van der Waals surface area contributed by atoms with E-state index in [-0.39, 0.29) is 11.4 Å². The summed E-state index contributed by atoms with van der Waals surface area (Å²) in [5, 5.41) is 16.1. The highest BCUT2D eigenvalue weighted by molar-refractivity contribution is 6.31. The second-order valence-electron chi connectivity index (χ2n) is 5.20. The second kappa shape index (κ2) is 9.40. The van der Waals surface area contributed by atoms with Gasteiger partial charge in [-0.3, -0.25) is 0 Å². The summed E-state index contributed by atoms with van der Waals surface area (Å²) in [7, 11) is 2.37. The summed E-state index contributed by atoms with van der Waals surface area (Å²) < 4.78 is 9.23. The molecule has 0 spiro atoms. The molecule has 2 rings (SSSR count). The molecule has 2 aromatic rings. The largest absolute Gasteiger partial charge is 0.466 e. The molecule has 140 valence electrons. The molecule has 0 aromatic heterocycles. The van der Waals surface area contributed by atoms with E-state index in [9.17, 15) is 14.8 Å². The van der Waals surface area contributed by atoms with Gasteiger partial charge in [-0.25, -0.2) is 9.59 Å². The van der Waals surface area contributed by atoms with Gasteiger partial charge in [-0.2, -0.15) is 0 Å². The molecule has 0 radical (unpaired) electrons. The molecule has 8 heteroatoms. The zero-order valence-electron chi connectivity index (χ0n) is 14.6.